The van der Waals surface area contributed by atoms with E-state index >= 15 is 0 Å². The van der Waals surface area contributed by atoms with Gasteiger partial charge in [-0.1, -0.05) is 60.1 Å². The van der Waals surface area contributed by atoms with Crippen LogP contribution in [-0.4, -0.2) is 0 Å². The van der Waals surface area contributed by atoms with Crippen molar-refractivity contribution in [2.24, 2.45) is 0 Å². The summed E-state index contributed by atoms with van der Waals surface area (Å²) in [7, 11) is 0. The standard InChI is InChI=1S/C16H19BrS/c1-3-13-10-11-15(18-13)16(17)14(4-2)12-8-6-5-7-9-12/h5-11,14,16H,3-4H2,1-2H3. The van der Waals surface area contributed by atoms with Crippen molar-refractivity contribution in [1.29, 1.82) is 0 Å². The van der Waals surface area contributed by atoms with Crippen LogP contribution >= 0.6 is 27.3 Å². The van der Waals surface area contributed by atoms with Gasteiger partial charge in [-0.15, -0.1) is 11.3 Å². The lowest BCUT2D eigenvalue weighted by Gasteiger charge is -2.20. The molecule has 0 aliphatic heterocycles. The molecule has 2 rings (SSSR count). The predicted octanol–water partition coefficient (Wildman–Crippen LogP) is 5.94. The summed E-state index contributed by atoms with van der Waals surface area (Å²) in [6.07, 6.45) is 2.28. The van der Waals surface area contributed by atoms with Crippen LogP contribution < -0.4 is 0 Å². The van der Waals surface area contributed by atoms with Crippen LogP contribution in [0.3, 0.4) is 0 Å². The second kappa shape index (κ2) is 6.53. The molecule has 2 unspecified atom stereocenters. The zero-order valence-electron chi connectivity index (χ0n) is 10.9. The van der Waals surface area contributed by atoms with Crippen molar-refractivity contribution in [2.75, 3.05) is 0 Å². The summed E-state index contributed by atoms with van der Waals surface area (Å²) in [6.45, 7) is 4.48. The maximum Gasteiger partial charge on any atom is 0.0557 e. The van der Waals surface area contributed by atoms with Crippen molar-refractivity contribution in [3.8, 4) is 0 Å². The van der Waals surface area contributed by atoms with Crippen LogP contribution in [0, 0.1) is 0 Å². The van der Waals surface area contributed by atoms with E-state index in [9.17, 15) is 0 Å². The summed E-state index contributed by atoms with van der Waals surface area (Å²) in [5.41, 5.74) is 1.42. The molecule has 18 heavy (non-hydrogen) atoms. The quantitative estimate of drug-likeness (QED) is 0.597. The largest absolute Gasteiger partial charge is 0.144 e. The van der Waals surface area contributed by atoms with E-state index in [2.05, 4.69) is 72.2 Å². The van der Waals surface area contributed by atoms with Gasteiger partial charge < -0.3 is 0 Å². The maximum absolute atomic E-state index is 3.90. The highest BCUT2D eigenvalue weighted by Crippen LogP contribution is 2.42. The van der Waals surface area contributed by atoms with E-state index in [-0.39, 0.29) is 0 Å². The molecule has 0 saturated carbocycles. The van der Waals surface area contributed by atoms with Gasteiger partial charge in [-0.3, -0.25) is 0 Å². The van der Waals surface area contributed by atoms with Gasteiger partial charge in [0.1, 0.15) is 0 Å². The lowest BCUT2D eigenvalue weighted by molar-refractivity contribution is 0.661. The third-order valence-corrected chi connectivity index (χ3v) is 6.07. The highest BCUT2D eigenvalue weighted by molar-refractivity contribution is 9.09. The third-order valence-electron chi connectivity index (χ3n) is 3.32. The van der Waals surface area contributed by atoms with Crippen LogP contribution in [0.5, 0.6) is 0 Å². The molecule has 96 valence electrons. The number of hydrogen-bond acceptors (Lipinski definition) is 1. The number of alkyl halides is 1. The Labute approximate surface area is 122 Å². The van der Waals surface area contributed by atoms with Gasteiger partial charge in [-0.25, -0.2) is 0 Å². The molecule has 2 aromatic rings. The van der Waals surface area contributed by atoms with Crippen LogP contribution in [0.25, 0.3) is 0 Å². The number of benzene rings is 1. The first-order valence-electron chi connectivity index (χ1n) is 6.53. The SMILES string of the molecule is CCc1ccc(C(Br)C(CC)c2ccccc2)s1. The fraction of sp³-hybridized carbons (Fsp3) is 0.375. The van der Waals surface area contributed by atoms with Crippen molar-refractivity contribution >= 4 is 27.3 Å². The Bertz CT molecular complexity index is 475. The Morgan fingerprint density at radius 2 is 1.78 bits per heavy atom. The maximum atomic E-state index is 3.90. The van der Waals surface area contributed by atoms with E-state index in [1.807, 2.05) is 11.3 Å². The number of aryl methyl sites for hydroxylation is 1. The summed E-state index contributed by atoms with van der Waals surface area (Å²) in [5.74, 6) is 0.551. The molecule has 2 atom stereocenters. The monoisotopic (exact) mass is 322 g/mol. The summed E-state index contributed by atoms with van der Waals surface area (Å²) in [5, 5.41) is 0. The van der Waals surface area contributed by atoms with E-state index in [0.717, 1.165) is 12.8 Å². The Kier molecular flexibility index (Phi) is 5.02. The highest BCUT2D eigenvalue weighted by atomic mass is 79.9. The van der Waals surface area contributed by atoms with Crippen LogP contribution in [0.1, 0.15) is 46.3 Å². The van der Waals surface area contributed by atoms with Crippen LogP contribution in [-0.2, 0) is 6.42 Å². The Balaban J connectivity index is 2.22. The average Bonchev–Trinajstić information content (AvgIpc) is 2.89. The molecule has 0 amide bonds. The molecule has 0 aliphatic rings. The molecule has 0 N–H and O–H groups in total. The van der Waals surface area contributed by atoms with Gasteiger partial charge in [-0.05, 0) is 30.5 Å². The van der Waals surface area contributed by atoms with E-state index < -0.39 is 0 Å². The Morgan fingerprint density at radius 3 is 2.33 bits per heavy atom. The van der Waals surface area contributed by atoms with Gasteiger partial charge >= 0.3 is 0 Å². The molecule has 0 aliphatic carbocycles. The smallest absolute Gasteiger partial charge is 0.0557 e. The molecule has 1 aromatic carbocycles. The zero-order valence-corrected chi connectivity index (χ0v) is 13.3. The molecule has 2 heteroatoms. The highest BCUT2D eigenvalue weighted by Gasteiger charge is 2.21. The van der Waals surface area contributed by atoms with E-state index in [1.165, 1.54) is 15.3 Å². The van der Waals surface area contributed by atoms with E-state index in [0.29, 0.717) is 10.7 Å². The molecular formula is C16H19BrS. The van der Waals surface area contributed by atoms with Crippen molar-refractivity contribution in [2.45, 2.75) is 37.4 Å². The first-order valence-corrected chi connectivity index (χ1v) is 8.27. The molecular weight excluding hydrogens is 304 g/mol. The van der Waals surface area contributed by atoms with Gasteiger partial charge in [0.15, 0.2) is 0 Å². The number of hydrogen-bond donors (Lipinski definition) is 0. The summed E-state index contributed by atoms with van der Waals surface area (Å²) >= 11 is 5.83. The molecule has 0 fully saturated rings. The van der Waals surface area contributed by atoms with Gasteiger partial charge in [0, 0.05) is 15.7 Å². The molecule has 0 bridgehead atoms. The molecule has 1 aromatic heterocycles. The number of thiophene rings is 1. The summed E-state index contributed by atoms with van der Waals surface area (Å²) < 4.78 is 0. The fourth-order valence-electron chi connectivity index (χ4n) is 2.24. The van der Waals surface area contributed by atoms with Crippen LogP contribution in [0.4, 0.5) is 0 Å². The van der Waals surface area contributed by atoms with Crippen molar-refractivity contribution in [1.82, 2.24) is 0 Å². The van der Waals surface area contributed by atoms with Gasteiger partial charge in [0.2, 0.25) is 0 Å². The topological polar surface area (TPSA) is 0 Å². The Morgan fingerprint density at radius 1 is 1.06 bits per heavy atom. The predicted molar refractivity (Wildman–Crippen MR) is 84.8 cm³/mol. The first kappa shape index (κ1) is 13.8. The van der Waals surface area contributed by atoms with Gasteiger partial charge in [-0.2, -0.15) is 0 Å². The van der Waals surface area contributed by atoms with Crippen molar-refractivity contribution in [3.05, 3.63) is 57.8 Å². The molecule has 0 radical (unpaired) electrons. The average molecular weight is 323 g/mol. The minimum Gasteiger partial charge on any atom is -0.144 e. The summed E-state index contributed by atoms with van der Waals surface area (Å²) in [6, 6.07) is 15.3. The molecule has 1 heterocycles. The first-order chi connectivity index (χ1) is 8.76. The second-order valence-electron chi connectivity index (χ2n) is 4.48. The minimum absolute atomic E-state index is 0.426. The fourth-order valence-corrected chi connectivity index (χ4v) is 4.35. The minimum atomic E-state index is 0.426. The van der Waals surface area contributed by atoms with Crippen LogP contribution in [0.15, 0.2) is 42.5 Å². The molecule has 0 nitrogen and oxygen atoms in total. The lowest BCUT2D eigenvalue weighted by Crippen LogP contribution is -2.03. The summed E-state index contributed by atoms with van der Waals surface area (Å²) in [4.78, 5) is 3.34. The normalized spacial score (nSPS) is 14.4. The third kappa shape index (κ3) is 3.04. The van der Waals surface area contributed by atoms with E-state index in [4.69, 9.17) is 0 Å². The van der Waals surface area contributed by atoms with Crippen LogP contribution in [0.2, 0.25) is 0 Å². The molecule has 0 saturated heterocycles. The molecule has 0 spiro atoms. The number of rotatable bonds is 5. The second-order valence-corrected chi connectivity index (χ2v) is 6.67. The zero-order chi connectivity index (χ0) is 13.0. The van der Waals surface area contributed by atoms with Gasteiger partial charge in [0.05, 0.1) is 4.83 Å². The Hall–Kier alpha value is -0.600. The lowest BCUT2D eigenvalue weighted by atomic mass is 9.92. The number of halogens is 1. The van der Waals surface area contributed by atoms with Crippen molar-refractivity contribution in [3.63, 3.8) is 0 Å². The van der Waals surface area contributed by atoms with Crippen molar-refractivity contribution < 1.29 is 0 Å². The van der Waals surface area contributed by atoms with E-state index in [1.54, 1.807) is 0 Å². The van der Waals surface area contributed by atoms with Gasteiger partial charge in [0.25, 0.3) is 0 Å².